The van der Waals surface area contributed by atoms with Crippen LogP contribution in [0.5, 0.6) is 5.75 Å². The molecule has 1 aromatic heterocycles. The molecule has 7 heteroatoms. The van der Waals surface area contributed by atoms with Gasteiger partial charge in [0.25, 0.3) is 5.56 Å². The normalized spacial score (nSPS) is 14.3. The van der Waals surface area contributed by atoms with Crippen molar-refractivity contribution in [3.63, 3.8) is 0 Å². The zero-order valence-corrected chi connectivity index (χ0v) is 18.1. The molecule has 1 fully saturated rings. The molecule has 1 saturated carbocycles. The van der Waals surface area contributed by atoms with Crippen molar-refractivity contribution < 1.29 is 9.47 Å². The van der Waals surface area contributed by atoms with Crippen molar-refractivity contribution in [1.82, 2.24) is 15.2 Å². The van der Waals surface area contributed by atoms with E-state index in [1.165, 1.54) is 12.8 Å². The summed E-state index contributed by atoms with van der Waals surface area (Å²) < 4.78 is 10.6. The number of nitrogens with one attached hydrogen (secondary N) is 2. The molecule has 1 aliphatic rings. The molecular weight excluding hydrogens is 386 g/mol. The van der Waals surface area contributed by atoms with Gasteiger partial charge in [0.05, 0.1) is 19.2 Å². The smallest absolute Gasteiger partial charge is 0.253 e. The van der Waals surface area contributed by atoms with Crippen LogP contribution in [0, 0.1) is 0 Å². The number of rotatable bonds is 9. The molecule has 1 aliphatic carbocycles. The Morgan fingerprint density at radius 1 is 1.31 bits per heavy atom. The van der Waals surface area contributed by atoms with Gasteiger partial charge in [-0.3, -0.25) is 4.79 Å². The summed E-state index contributed by atoms with van der Waals surface area (Å²) in [6.45, 7) is 4.74. The van der Waals surface area contributed by atoms with Crippen molar-refractivity contribution in [2.75, 3.05) is 26.9 Å². The van der Waals surface area contributed by atoms with E-state index in [4.69, 9.17) is 21.7 Å². The molecule has 0 saturated heterocycles. The second-order valence-corrected chi connectivity index (χ2v) is 7.81. The Morgan fingerprint density at radius 3 is 2.83 bits per heavy atom. The summed E-state index contributed by atoms with van der Waals surface area (Å²) in [5, 5.41) is 5.07. The summed E-state index contributed by atoms with van der Waals surface area (Å²) in [5.41, 5.74) is 1.43. The van der Waals surface area contributed by atoms with E-state index in [0.29, 0.717) is 12.6 Å². The molecular formula is C22H31N3O3S. The molecule has 0 bridgehead atoms. The first-order valence-electron chi connectivity index (χ1n) is 10.4. The van der Waals surface area contributed by atoms with Crippen molar-refractivity contribution >= 4 is 28.2 Å². The van der Waals surface area contributed by atoms with E-state index in [1.807, 2.05) is 31.2 Å². The molecule has 1 heterocycles. The highest BCUT2D eigenvalue weighted by molar-refractivity contribution is 7.80. The summed E-state index contributed by atoms with van der Waals surface area (Å²) in [6, 6.07) is 8.07. The number of benzene rings is 1. The molecule has 0 atom stereocenters. The van der Waals surface area contributed by atoms with Crippen molar-refractivity contribution in [3.8, 4) is 5.75 Å². The van der Waals surface area contributed by atoms with Crippen molar-refractivity contribution in [2.45, 2.75) is 51.6 Å². The van der Waals surface area contributed by atoms with Gasteiger partial charge in [-0.05, 0) is 62.0 Å². The van der Waals surface area contributed by atoms with Gasteiger partial charge < -0.3 is 24.7 Å². The van der Waals surface area contributed by atoms with Crippen LogP contribution in [-0.2, 0) is 11.3 Å². The van der Waals surface area contributed by atoms with Crippen LogP contribution in [0.2, 0.25) is 0 Å². The van der Waals surface area contributed by atoms with E-state index in [-0.39, 0.29) is 5.56 Å². The number of hydrogen-bond acceptors (Lipinski definition) is 4. The standard InChI is InChI=1S/C22H31N3O3S/c1-3-28-12-6-11-23-22(29)25(18-7-4-5-8-18)15-17-13-16-9-10-19(27-2)14-20(16)24-21(17)26/h9-10,13-14,18H,3-8,11-12,15H2,1-2H3,(H,23,29)(H,24,26). The van der Waals surface area contributed by atoms with Crippen molar-refractivity contribution in [3.05, 3.63) is 40.2 Å². The Morgan fingerprint density at radius 2 is 2.10 bits per heavy atom. The van der Waals surface area contributed by atoms with Crippen LogP contribution in [0.25, 0.3) is 10.9 Å². The lowest BCUT2D eigenvalue weighted by Gasteiger charge is -2.31. The molecule has 0 radical (unpaired) electrons. The van der Waals surface area contributed by atoms with E-state index >= 15 is 0 Å². The SMILES string of the molecule is CCOCCCNC(=S)N(Cc1cc2ccc(OC)cc2[nH]c1=O)C1CCCC1. The number of nitrogens with zero attached hydrogens (tertiary/aromatic N) is 1. The summed E-state index contributed by atoms with van der Waals surface area (Å²) >= 11 is 5.71. The number of fused-ring (bicyclic) bond motifs is 1. The Labute approximate surface area is 177 Å². The maximum Gasteiger partial charge on any atom is 0.253 e. The molecule has 2 aromatic rings. The van der Waals surface area contributed by atoms with Crippen LogP contribution in [0.1, 0.15) is 44.6 Å². The predicted octanol–water partition coefficient (Wildman–Crippen LogP) is 3.58. The van der Waals surface area contributed by atoms with Crippen LogP contribution in [0.3, 0.4) is 0 Å². The molecule has 0 spiro atoms. The number of pyridine rings is 1. The Bertz CT molecular complexity index is 877. The first-order valence-corrected chi connectivity index (χ1v) is 10.9. The molecule has 0 aliphatic heterocycles. The minimum Gasteiger partial charge on any atom is -0.497 e. The van der Waals surface area contributed by atoms with Gasteiger partial charge in [0.15, 0.2) is 5.11 Å². The zero-order chi connectivity index (χ0) is 20.6. The van der Waals surface area contributed by atoms with Gasteiger partial charge >= 0.3 is 0 Å². The summed E-state index contributed by atoms with van der Waals surface area (Å²) in [5.74, 6) is 0.728. The number of H-pyrrole nitrogens is 1. The van der Waals surface area contributed by atoms with Gasteiger partial charge in [-0.1, -0.05) is 12.8 Å². The van der Waals surface area contributed by atoms with E-state index in [1.54, 1.807) is 7.11 Å². The number of thiocarbonyl (C=S) groups is 1. The Balaban J connectivity index is 1.75. The van der Waals surface area contributed by atoms with Crippen LogP contribution in [-0.4, -0.2) is 47.9 Å². The molecule has 0 unspecified atom stereocenters. The third-order valence-corrected chi connectivity index (χ3v) is 5.82. The van der Waals surface area contributed by atoms with Crippen LogP contribution < -0.4 is 15.6 Å². The second kappa shape index (κ2) is 10.6. The molecule has 0 amide bonds. The fourth-order valence-corrected chi connectivity index (χ4v) is 4.17. The topological polar surface area (TPSA) is 66.6 Å². The monoisotopic (exact) mass is 417 g/mol. The number of hydrogen-bond donors (Lipinski definition) is 2. The van der Waals surface area contributed by atoms with Gasteiger partial charge in [0, 0.05) is 37.4 Å². The number of aromatic amines is 1. The van der Waals surface area contributed by atoms with E-state index in [0.717, 1.165) is 66.3 Å². The van der Waals surface area contributed by atoms with E-state index < -0.39 is 0 Å². The maximum absolute atomic E-state index is 12.7. The zero-order valence-electron chi connectivity index (χ0n) is 17.3. The second-order valence-electron chi connectivity index (χ2n) is 7.43. The Kier molecular flexibility index (Phi) is 7.89. The van der Waals surface area contributed by atoms with Gasteiger partial charge in [-0.2, -0.15) is 0 Å². The van der Waals surface area contributed by atoms with Crippen molar-refractivity contribution in [2.24, 2.45) is 0 Å². The maximum atomic E-state index is 12.7. The molecule has 1 aromatic carbocycles. The first-order chi connectivity index (χ1) is 14.1. The van der Waals surface area contributed by atoms with Crippen LogP contribution in [0.4, 0.5) is 0 Å². The van der Waals surface area contributed by atoms with E-state index in [9.17, 15) is 4.79 Å². The predicted molar refractivity (Wildman–Crippen MR) is 121 cm³/mol. The minimum absolute atomic E-state index is 0.0760. The van der Waals surface area contributed by atoms with Gasteiger partial charge in [0.1, 0.15) is 5.75 Å². The highest BCUT2D eigenvalue weighted by Gasteiger charge is 2.25. The molecule has 2 N–H and O–H groups in total. The lowest BCUT2D eigenvalue weighted by molar-refractivity contribution is 0.145. The minimum atomic E-state index is -0.0760. The summed E-state index contributed by atoms with van der Waals surface area (Å²) in [7, 11) is 1.62. The summed E-state index contributed by atoms with van der Waals surface area (Å²) in [6.07, 6.45) is 5.56. The lowest BCUT2D eigenvalue weighted by Crippen LogP contribution is -2.45. The highest BCUT2D eigenvalue weighted by Crippen LogP contribution is 2.25. The average Bonchev–Trinajstić information content (AvgIpc) is 3.26. The van der Waals surface area contributed by atoms with Gasteiger partial charge in [-0.15, -0.1) is 0 Å². The van der Waals surface area contributed by atoms with Gasteiger partial charge in [-0.25, -0.2) is 0 Å². The number of aromatic nitrogens is 1. The summed E-state index contributed by atoms with van der Waals surface area (Å²) in [4.78, 5) is 17.9. The third kappa shape index (κ3) is 5.70. The fourth-order valence-electron chi connectivity index (χ4n) is 3.85. The lowest BCUT2D eigenvalue weighted by atomic mass is 10.1. The van der Waals surface area contributed by atoms with Crippen molar-refractivity contribution in [1.29, 1.82) is 0 Å². The fraction of sp³-hybridized carbons (Fsp3) is 0.545. The quantitative estimate of drug-likeness (QED) is 0.480. The molecule has 29 heavy (non-hydrogen) atoms. The highest BCUT2D eigenvalue weighted by atomic mass is 32.1. The third-order valence-electron chi connectivity index (χ3n) is 5.44. The first kappa shape index (κ1) is 21.6. The van der Waals surface area contributed by atoms with Gasteiger partial charge in [0.2, 0.25) is 0 Å². The van der Waals surface area contributed by atoms with Crippen LogP contribution >= 0.6 is 12.2 Å². The number of ether oxygens (including phenoxy) is 2. The van der Waals surface area contributed by atoms with Crippen LogP contribution in [0.15, 0.2) is 29.1 Å². The Hall–Kier alpha value is -2.12. The average molecular weight is 418 g/mol. The largest absolute Gasteiger partial charge is 0.497 e. The van der Waals surface area contributed by atoms with E-state index in [2.05, 4.69) is 15.2 Å². The molecule has 158 valence electrons. The molecule has 3 rings (SSSR count). The number of methoxy groups -OCH3 is 1. The molecule has 6 nitrogen and oxygen atoms in total.